The van der Waals surface area contributed by atoms with Gasteiger partial charge in [-0.1, -0.05) is 58.4 Å². The predicted octanol–water partition coefficient (Wildman–Crippen LogP) is 2.39. The molecule has 0 saturated heterocycles. The fraction of sp³-hybridized carbons (Fsp3) is 0.118. The van der Waals surface area contributed by atoms with Gasteiger partial charge in [0.25, 0.3) is 0 Å². The number of carbonyl (C=O) groups is 3. The van der Waals surface area contributed by atoms with Crippen LogP contribution in [0.3, 0.4) is 0 Å². The molecule has 118 valence electrons. The Kier molecular flexibility index (Phi) is 5.78. The monoisotopic (exact) mass is 375 g/mol. The molecule has 0 spiro atoms. The Balaban J connectivity index is 1.92. The summed E-state index contributed by atoms with van der Waals surface area (Å²) in [5, 5.41) is 0. The highest BCUT2D eigenvalue weighted by Crippen LogP contribution is 2.11. The minimum absolute atomic E-state index is 0.316. The van der Waals surface area contributed by atoms with Gasteiger partial charge in [0, 0.05) is 15.6 Å². The summed E-state index contributed by atoms with van der Waals surface area (Å²) in [4.78, 5) is 35.7. The Bertz CT molecular complexity index is 713. The van der Waals surface area contributed by atoms with E-state index in [1.807, 2.05) is 0 Å². The van der Waals surface area contributed by atoms with Crippen molar-refractivity contribution in [2.24, 2.45) is 5.73 Å². The van der Waals surface area contributed by atoms with Crippen LogP contribution in [0.2, 0.25) is 0 Å². The molecule has 0 aromatic heterocycles. The number of halogens is 1. The molecule has 2 rings (SSSR count). The molecule has 0 aliphatic carbocycles. The third kappa shape index (κ3) is 4.58. The van der Waals surface area contributed by atoms with Crippen LogP contribution in [0.15, 0.2) is 59.1 Å². The standard InChI is InChI=1S/C17H14BrNO4/c18-13-8-6-11(7-9-13)14(20)10-23-17(22)15(19)16(21)12-4-2-1-3-5-12/h1-9,15H,10,19H2. The van der Waals surface area contributed by atoms with E-state index in [4.69, 9.17) is 10.5 Å². The molecule has 0 radical (unpaired) electrons. The molecule has 23 heavy (non-hydrogen) atoms. The van der Waals surface area contributed by atoms with Crippen molar-refractivity contribution in [2.75, 3.05) is 6.61 Å². The van der Waals surface area contributed by atoms with Gasteiger partial charge in [0.05, 0.1) is 0 Å². The smallest absolute Gasteiger partial charge is 0.331 e. The Morgan fingerprint density at radius 2 is 1.57 bits per heavy atom. The summed E-state index contributed by atoms with van der Waals surface area (Å²) >= 11 is 3.26. The molecule has 5 nitrogen and oxygen atoms in total. The van der Waals surface area contributed by atoms with Gasteiger partial charge in [-0.25, -0.2) is 4.79 Å². The van der Waals surface area contributed by atoms with Crippen LogP contribution in [0, 0.1) is 0 Å². The van der Waals surface area contributed by atoms with Gasteiger partial charge < -0.3 is 10.5 Å². The first-order valence-corrected chi connectivity index (χ1v) is 7.58. The second-order valence-corrected chi connectivity index (χ2v) is 5.66. The Labute approximate surface area is 141 Å². The molecule has 0 aliphatic rings. The topological polar surface area (TPSA) is 86.5 Å². The van der Waals surface area contributed by atoms with Crippen molar-refractivity contribution >= 4 is 33.5 Å². The van der Waals surface area contributed by atoms with Gasteiger partial charge in [-0.15, -0.1) is 0 Å². The summed E-state index contributed by atoms with van der Waals surface area (Å²) in [5.41, 5.74) is 6.32. The van der Waals surface area contributed by atoms with E-state index in [0.29, 0.717) is 11.1 Å². The largest absolute Gasteiger partial charge is 0.456 e. The average molecular weight is 376 g/mol. The molecule has 1 atom stereocenters. The van der Waals surface area contributed by atoms with Gasteiger partial charge in [-0.05, 0) is 12.1 Å². The number of hydrogen-bond donors (Lipinski definition) is 1. The van der Waals surface area contributed by atoms with Gasteiger partial charge in [0.1, 0.15) is 0 Å². The maximum atomic E-state index is 12.0. The summed E-state index contributed by atoms with van der Waals surface area (Å²) in [6, 6.07) is 13.4. The molecule has 2 aromatic carbocycles. The summed E-state index contributed by atoms with van der Waals surface area (Å²) in [6.07, 6.45) is 0. The molecule has 0 saturated carbocycles. The summed E-state index contributed by atoms with van der Waals surface area (Å²) in [5.74, 6) is -1.85. The van der Waals surface area contributed by atoms with Crippen LogP contribution in [-0.4, -0.2) is 30.2 Å². The highest BCUT2D eigenvalue weighted by molar-refractivity contribution is 9.10. The number of esters is 1. The molecule has 2 N–H and O–H groups in total. The number of Topliss-reactive ketones (excluding diaryl/α,β-unsaturated/α-hetero) is 2. The van der Waals surface area contributed by atoms with Crippen LogP contribution in [0.4, 0.5) is 0 Å². The fourth-order valence-corrected chi connectivity index (χ4v) is 2.10. The van der Waals surface area contributed by atoms with Gasteiger partial charge in [-0.3, -0.25) is 9.59 Å². The number of hydrogen-bond acceptors (Lipinski definition) is 5. The Morgan fingerprint density at radius 1 is 0.957 bits per heavy atom. The van der Waals surface area contributed by atoms with Crippen LogP contribution in [0.25, 0.3) is 0 Å². The second-order valence-electron chi connectivity index (χ2n) is 4.75. The van der Waals surface area contributed by atoms with E-state index in [0.717, 1.165) is 4.47 Å². The first kappa shape index (κ1) is 17.1. The minimum atomic E-state index is -1.45. The SMILES string of the molecule is NC(C(=O)OCC(=O)c1ccc(Br)cc1)C(=O)c1ccccc1. The van der Waals surface area contributed by atoms with E-state index >= 15 is 0 Å². The Hall–Kier alpha value is -2.31. The van der Waals surface area contributed by atoms with E-state index in [2.05, 4.69) is 15.9 Å². The van der Waals surface area contributed by atoms with Crippen molar-refractivity contribution in [3.05, 3.63) is 70.2 Å². The van der Waals surface area contributed by atoms with Crippen molar-refractivity contribution in [3.8, 4) is 0 Å². The molecule has 0 aliphatic heterocycles. The lowest BCUT2D eigenvalue weighted by Crippen LogP contribution is -2.40. The molecule has 0 amide bonds. The number of carbonyl (C=O) groups excluding carboxylic acids is 3. The zero-order valence-corrected chi connectivity index (χ0v) is 13.7. The first-order valence-electron chi connectivity index (χ1n) is 6.79. The normalized spacial score (nSPS) is 11.6. The predicted molar refractivity (Wildman–Crippen MR) is 88.2 cm³/mol. The molecular formula is C17H14BrNO4. The van der Waals surface area contributed by atoms with Gasteiger partial charge in [-0.2, -0.15) is 0 Å². The van der Waals surface area contributed by atoms with Crippen LogP contribution >= 0.6 is 15.9 Å². The van der Waals surface area contributed by atoms with E-state index < -0.39 is 24.4 Å². The number of ketones is 2. The highest BCUT2D eigenvalue weighted by Gasteiger charge is 2.25. The third-order valence-electron chi connectivity index (χ3n) is 3.11. The van der Waals surface area contributed by atoms with E-state index in [1.165, 1.54) is 0 Å². The van der Waals surface area contributed by atoms with Crippen molar-refractivity contribution in [1.29, 1.82) is 0 Å². The first-order chi connectivity index (χ1) is 11.0. The van der Waals surface area contributed by atoms with E-state index in [-0.39, 0.29) is 5.78 Å². The third-order valence-corrected chi connectivity index (χ3v) is 3.64. The number of rotatable bonds is 6. The summed E-state index contributed by atoms with van der Waals surface area (Å²) in [6.45, 7) is -0.462. The second kappa shape index (κ2) is 7.80. The van der Waals surface area contributed by atoms with E-state index in [1.54, 1.807) is 54.6 Å². The maximum Gasteiger partial charge on any atom is 0.331 e. The average Bonchev–Trinajstić information content (AvgIpc) is 2.59. The molecule has 2 aromatic rings. The lowest BCUT2D eigenvalue weighted by atomic mass is 10.1. The molecule has 0 bridgehead atoms. The van der Waals surface area contributed by atoms with Crippen LogP contribution in [0.1, 0.15) is 20.7 Å². The molecule has 0 fully saturated rings. The van der Waals surface area contributed by atoms with Crippen LogP contribution in [0.5, 0.6) is 0 Å². The van der Waals surface area contributed by atoms with Crippen molar-refractivity contribution in [3.63, 3.8) is 0 Å². The van der Waals surface area contributed by atoms with E-state index in [9.17, 15) is 14.4 Å². The zero-order valence-electron chi connectivity index (χ0n) is 12.1. The van der Waals surface area contributed by atoms with Crippen molar-refractivity contribution < 1.29 is 19.1 Å². The van der Waals surface area contributed by atoms with Gasteiger partial charge >= 0.3 is 5.97 Å². The molecular weight excluding hydrogens is 362 g/mol. The number of ether oxygens (including phenoxy) is 1. The van der Waals surface area contributed by atoms with Crippen molar-refractivity contribution in [2.45, 2.75) is 6.04 Å². The molecule has 0 heterocycles. The lowest BCUT2D eigenvalue weighted by molar-refractivity contribution is -0.142. The highest BCUT2D eigenvalue weighted by atomic mass is 79.9. The van der Waals surface area contributed by atoms with Gasteiger partial charge in [0.15, 0.2) is 24.2 Å². The van der Waals surface area contributed by atoms with Crippen molar-refractivity contribution in [1.82, 2.24) is 0 Å². The minimum Gasteiger partial charge on any atom is -0.456 e. The summed E-state index contributed by atoms with van der Waals surface area (Å²) < 4.78 is 5.68. The fourth-order valence-electron chi connectivity index (χ4n) is 1.83. The molecule has 6 heteroatoms. The summed E-state index contributed by atoms with van der Waals surface area (Å²) in [7, 11) is 0. The maximum absolute atomic E-state index is 12.0. The van der Waals surface area contributed by atoms with Crippen LogP contribution in [-0.2, 0) is 9.53 Å². The lowest BCUT2D eigenvalue weighted by Gasteiger charge is -2.10. The zero-order chi connectivity index (χ0) is 16.8. The number of benzene rings is 2. The van der Waals surface area contributed by atoms with Crippen LogP contribution < -0.4 is 5.73 Å². The Morgan fingerprint density at radius 3 is 2.17 bits per heavy atom. The van der Waals surface area contributed by atoms with Gasteiger partial charge in [0.2, 0.25) is 0 Å². The number of nitrogens with two attached hydrogens (primary N) is 1. The quantitative estimate of drug-likeness (QED) is 0.475. The molecule has 1 unspecified atom stereocenters.